The molecule has 0 aliphatic heterocycles. The van der Waals surface area contributed by atoms with Crippen LogP contribution < -0.4 is 4.73 Å². The van der Waals surface area contributed by atoms with E-state index in [4.69, 9.17) is 11.6 Å². The molecule has 0 bridgehead atoms. The molecule has 0 aliphatic carbocycles. The Morgan fingerprint density at radius 3 is 2.80 bits per heavy atom. The van der Waals surface area contributed by atoms with E-state index in [1.165, 1.54) is 18.0 Å². The number of hydrogen-bond donors (Lipinski definition) is 0. The predicted molar refractivity (Wildman–Crippen MR) is 81.7 cm³/mol. The smallest absolute Gasteiger partial charge is 0.251 e. The molecule has 0 unspecified atom stereocenters. The summed E-state index contributed by atoms with van der Waals surface area (Å²) < 4.78 is 0.854. The van der Waals surface area contributed by atoms with Crippen LogP contribution in [-0.4, -0.2) is 4.98 Å². The summed E-state index contributed by atoms with van der Waals surface area (Å²) >= 11 is 7.65. The normalized spacial score (nSPS) is 10.8. The molecule has 1 aromatic carbocycles. The molecule has 2 heterocycles. The molecule has 0 spiro atoms. The molecule has 0 aliphatic rings. The van der Waals surface area contributed by atoms with Crippen molar-refractivity contribution in [3.05, 3.63) is 70.7 Å². The SMILES string of the molecule is [O-][n+]1ccccc1SCc1cc2ccccc2nc1Cl. The van der Waals surface area contributed by atoms with Crippen LogP contribution in [0.15, 0.2) is 59.8 Å². The van der Waals surface area contributed by atoms with Crippen molar-refractivity contribution >= 4 is 34.3 Å². The van der Waals surface area contributed by atoms with Crippen molar-refractivity contribution in [3.63, 3.8) is 0 Å². The van der Waals surface area contributed by atoms with E-state index < -0.39 is 0 Å². The van der Waals surface area contributed by atoms with E-state index >= 15 is 0 Å². The fourth-order valence-electron chi connectivity index (χ4n) is 1.91. The highest BCUT2D eigenvalue weighted by Gasteiger charge is 2.09. The molecule has 3 aromatic rings. The molecule has 20 heavy (non-hydrogen) atoms. The quantitative estimate of drug-likeness (QED) is 0.320. The van der Waals surface area contributed by atoms with E-state index in [0.29, 0.717) is 15.9 Å². The summed E-state index contributed by atoms with van der Waals surface area (Å²) in [6.45, 7) is 0. The monoisotopic (exact) mass is 302 g/mol. The third-order valence-electron chi connectivity index (χ3n) is 2.91. The third kappa shape index (κ3) is 2.71. The minimum absolute atomic E-state index is 0.490. The highest BCUT2D eigenvalue weighted by molar-refractivity contribution is 7.98. The first-order chi connectivity index (χ1) is 9.74. The van der Waals surface area contributed by atoms with Crippen LogP contribution in [0.3, 0.4) is 0 Å². The zero-order valence-corrected chi connectivity index (χ0v) is 12.1. The van der Waals surface area contributed by atoms with Crippen molar-refractivity contribution in [2.24, 2.45) is 0 Å². The number of thioether (sulfide) groups is 1. The second kappa shape index (κ2) is 5.69. The maximum Gasteiger partial charge on any atom is 0.251 e. The Kier molecular flexibility index (Phi) is 3.76. The van der Waals surface area contributed by atoms with Gasteiger partial charge in [-0.3, -0.25) is 0 Å². The van der Waals surface area contributed by atoms with Crippen LogP contribution in [-0.2, 0) is 5.75 Å². The minimum atomic E-state index is 0.490. The van der Waals surface area contributed by atoms with Gasteiger partial charge in [-0.1, -0.05) is 41.6 Å². The Labute approximate surface area is 125 Å². The number of rotatable bonds is 3. The summed E-state index contributed by atoms with van der Waals surface area (Å²) in [5.74, 6) is 0.614. The minimum Gasteiger partial charge on any atom is -0.618 e. The van der Waals surface area contributed by atoms with Crippen LogP contribution in [0, 0.1) is 5.21 Å². The van der Waals surface area contributed by atoms with Gasteiger partial charge in [0.05, 0.1) is 5.52 Å². The summed E-state index contributed by atoms with van der Waals surface area (Å²) in [6.07, 6.45) is 1.49. The molecule has 2 aromatic heterocycles. The van der Waals surface area contributed by atoms with Crippen LogP contribution >= 0.6 is 23.4 Å². The number of benzene rings is 1. The van der Waals surface area contributed by atoms with Crippen molar-refractivity contribution in [2.75, 3.05) is 0 Å². The largest absolute Gasteiger partial charge is 0.618 e. The van der Waals surface area contributed by atoms with E-state index in [0.717, 1.165) is 21.2 Å². The first kappa shape index (κ1) is 13.2. The van der Waals surface area contributed by atoms with Crippen LogP contribution in [0.5, 0.6) is 0 Å². The van der Waals surface area contributed by atoms with Crippen molar-refractivity contribution < 1.29 is 4.73 Å². The van der Waals surface area contributed by atoms with Gasteiger partial charge >= 0.3 is 0 Å². The number of pyridine rings is 2. The first-order valence-corrected chi connectivity index (χ1v) is 7.45. The second-order valence-electron chi connectivity index (χ2n) is 4.28. The number of hydrogen-bond acceptors (Lipinski definition) is 3. The van der Waals surface area contributed by atoms with E-state index in [-0.39, 0.29) is 0 Å². The summed E-state index contributed by atoms with van der Waals surface area (Å²) in [7, 11) is 0. The lowest BCUT2D eigenvalue weighted by Gasteiger charge is -2.06. The number of fused-ring (bicyclic) bond motifs is 1. The van der Waals surface area contributed by atoms with E-state index in [2.05, 4.69) is 4.98 Å². The lowest BCUT2D eigenvalue weighted by Crippen LogP contribution is -2.27. The van der Waals surface area contributed by atoms with Gasteiger partial charge in [-0.15, -0.1) is 0 Å². The maximum atomic E-state index is 11.6. The third-order valence-corrected chi connectivity index (χ3v) is 4.31. The van der Waals surface area contributed by atoms with Crippen LogP contribution in [0.1, 0.15) is 5.56 Å². The molecule has 0 atom stereocenters. The zero-order chi connectivity index (χ0) is 13.9. The molecule has 0 N–H and O–H groups in total. The van der Waals surface area contributed by atoms with Gasteiger partial charge in [0, 0.05) is 28.8 Å². The van der Waals surface area contributed by atoms with E-state index in [9.17, 15) is 5.21 Å². The van der Waals surface area contributed by atoms with Gasteiger partial charge in [-0.2, -0.15) is 4.73 Å². The molecule has 0 saturated carbocycles. The lowest BCUT2D eigenvalue weighted by molar-refractivity contribution is -0.645. The number of nitrogens with zero attached hydrogens (tertiary/aromatic N) is 2. The average Bonchev–Trinajstić information content (AvgIpc) is 2.46. The molecule has 3 nitrogen and oxygen atoms in total. The molecule has 0 radical (unpaired) electrons. The van der Waals surface area contributed by atoms with E-state index in [1.807, 2.05) is 36.4 Å². The number of aromatic nitrogens is 2. The molecular formula is C15H11ClN2OS. The zero-order valence-electron chi connectivity index (χ0n) is 10.5. The van der Waals surface area contributed by atoms with Gasteiger partial charge in [-0.05, 0) is 18.2 Å². The van der Waals surface area contributed by atoms with Crippen molar-refractivity contribution in [1.29, 1.82) is 0 Å². The summed E-state index contributed by atoms with van der Waals surface area (Å²) in [4.78, 5) is 4.38. The van der Waals surface area contributed by atoms with Crippen molar-refractivity contribution in [2.45, 2.75) is 10.8 Å². The molecule has 100 valence electrons. The second-order valence-corrected chi connectivity index (χ2v) is 5.64. The Bertz CT molecular complexity index is 764. The Hall–Kier alpha value is -1.78. The van der Waals surface area contributed by atoms with Gasteiger partial charge in [0.1, 0.15) is 5.15 Å². The summed E-state index contributed by atoms with van der Waals surface area (Å²) in [6, 6.07) is 15.2. The predicted octanol–water partition coefficient (Wildman–Crippen LogP) is 3.81. The molecular weight excluding hydrogens is 292 g/mol. The molecule has 5 heteroatoms. The average molecular weight is 303 g/mol. The van der Waals surface area contributed by atoms with Crippen LogP contribution in [0.4, 0.5) is 0 Å². The topological polar surface area (TPSA) is 39.8 Å². The standard InChI is InChI=1S/C15H11ClN2OS/c16-15-12(9-11-5-1-2-6-13(11)17-15)10-20-14-7-3-4-8-18(14)19/h1-9H,10H2. The van der Waals surface area contributed by atoms with Gasteiger partial charge in [0.15, 0.2) is 6.20 Å². The number of halogens is 1. The summed E-state index contributed by atoms with van der Waals surface area (Å²) in [5.41, 5.74) is 1.81. The molecule has 3 rings (SSSR count). The van der Waals surface area contributed by atoms with E-state index in [1.54, 1.807) is 12.1 Å². The highest BCUT2D eigenvalue weighted by Crippen LogP contribution is 2.26. The Balaban J connectivity index is 1.87. The molecule has 0 fully saturated rings. The number of para-hydroxylation sites is 1. The summed E-state index contributed by atoms with van der Waals surface area (Å²) in [5, 5.41) is 13.8. The van der Waals surface area contributed by atoms with Gasteiger partial charge in [0.2, 0.25) is 0 Å². The van der Waals surface area contributed by atoms with Crippen LogP contribution in [0.25, 0.3) is 10.9 Å². The highest BCUT2D eigenvalue weighted by atomic mass is 35.5. The van der Waals surface area contributed by atoms with Crippen molar-refractivity contribution in [1.82, 2.24) is 4.98 Å². The van der Waals surface area contributed by atoms with Crippen molar-refractivity contribution in [3.8, 4) is 0 Å². The fraction of sp³-hybridized carbons (Fsp3) is 0.0667. The Morgan fingerprint density at radius 2 is 1.95 bits per heavy atom. The van der Waals surface area contributed by atoms with Gasteiger partial charge < -0.3 is 5.21 Å². The maximum absolute atomic E-state index is 11.6. The van der Waals surface area contributed by atoms with Gasteiger partial charge in [0.25, 0.3) is 5.03 Å². The molecule has 0 amide bonds. The van der Waals surface area contributed by atoms with Crippen LogP contribution in [0.2, 0.25) is 5.15 Å². The lowest BCUT2D eigenvalue weighted by atomic mass is 10.2. The molecule has 0 saturated heterocycles. The first-order valence-electron chi connectivity index (χ1n) is 6.09. The Morgan fingerprint density at radius 1 is 1.15 bits per heavy atom. The fourth-order valence-corrected chi connectivity index (χ4v) is 3.09. The van der Waals surface area contributed by atoms with Gasteiger partial charge in [-0.25, -0.2) is 4.98 Å².